The molecule has 0 amide bonds. The zero-order chi connectivity index (χ0) is 33.0. The standard InChI is InChI=1S/C48H31NO/c1-2-11-35-29-37(21-19-32(35)9-1)36-12-7-13-40(30-36)49(41-27-28-43-38(31-41)22-20-33-10-3-4-14-42(33)43)39-25-23-34(24-26-39)44-16-8-18-47-48(44)45-15-5-6-17-46(45)50-47/h1-31H. The first-order valence-electron chi connectivity index (χ1n) is 17.1. The maximum atomic E-state index is 6.22. The molecule has 0 aliphatic carbocycles. The second-order valence-corrected chi connectivity index (χ2v) is 13.0. The van der Waals surface area contributed by atoms with Gasteiger partial charge < -0.3 is 9.32 Å². The third-order valence-corrected chi connectivity index (χ3v) is 10.0. The first-order valence-corrected chi connectivity index (χ1v) is 17.1. The highest BCUT2D eigenvalue weighted by Gasteiger charge is 2.17. The van der Waals surface area contributed by atoms with E-state index in [0.717, 1.165) is 44.6 Å². The van der Waals surface area contributed by atoms with Crippen molar-refractivity contribution in [2.24, 2.45) is 0 Å². The van der Waals surface area contributed by atoms with Gasteiger partial charge in [-0.2, -0.15) is 0 Å². The van der Waals surface area contributed by atoms with Crippen LogP contribution in [0.1, 0.15) is 0 Å². The monoisotopic (exact) mass is 637 g/mol. The van der Waals surface area contributed by atoms with Gasteiger partial charge in [0.05, 0.1) is 0 Å². The highest BCUT2D eigenvalue weighted by atomic mass is 16.3. The fourth-order valence-electron chi connectivity index (χ4n) is 7.59. The van der Waals surface area contributed by atoms with Crippen molar-refractivity contribution in [1.82, 2.24) is 0 Å². The summed E-state index contributed by atoms with van der Waals surface area (Å²) in [5.74, 6) is 0. The number of rotatable bonds is 5. The minimum Gasteiger partial charge on any atom is -0.456 e. The predicted octanol–water partition coefficient (Wildman–Crippen LogP) is 13.8. The third kappa shape index (κ3) is 4.73. The lowest BCUT2D eigenvalue weighted by Crippen LogP contribution is -2.10. The summed E-state index contributed by atoms with van der Waals surface area (Å²) in [6.07, 6.45) is 0. The summed E-state index contributed by atoms with van der Waals surface area (Å²) in [6, 6.07) is 67.6. The Hall–Kier alpha value is -6.64. The Morgan fingerprint density at radius 2 is 0.940 bits per heavy atom. The van der Waals surface area contributed by atoms with Crippen molar-refractivity contribution >= 4 is 71.3 Å². The molecule has 2 heteroatoms. The summed E-state index contributed by atoms with van der Waals surface area (Å²) in [4.78, 5) is 2.37. The Morgan fingerprint density at radius 3 is 1.84 bits per heavy atom. The second kappa shape index (κ2) is 11.5. The average Bonchev–Trinajstić information content (AvgIpc) is 3.57. The first-order chi connectivity index (χ1) is 24.8. The van der Waals surface area contributed by atoms with Crippen molar-refractivity contribution in [2.75, 3.05) is 4.90 Å². The largest absolute Gasteiger partial charge is 0.456 e. The molecule has 0 fully saturated rings. The molecule has 234 valence electrons. The van der Waals surface area contributed by atoms with Crippen LogP contribution in [0.3, 0.4) is 0 Å². The van der Waals surface area contributed by atoms with Crippen LogP contribution in [0.25, 0.3) is 76.5 Å². The molecule has 1 heterocycles. The molecule has 0 spiro atoms. The molecule has 0 saturated heterocycles. The topological polar surface area (TPSA) is 16.4 Å². The molecule has 10 aromatic rings. The third-order valence-electron chi connectivity index (χ3n) is 10.0. The SMILES string of the molecule is c1cc(-c2ccc3ccccc3c2)cc(N(c2ccc(-c3cccc4oc5ccccc5c34)cc2)c2ccc3c(ccc4ccccc43)c2)c1. The molecule has 0 aliphatic heterocycles. The van der Waals surface area contributed by atoms with Crippen LogP contribution in [0.4, 0.5) is 17.1 Å². The van der Waals surface area contributed by atoms with Crippen molar-refractivity contribution in [3.63, 3.8) is 0 Å². The minimum absolute atomic E-state index is 0.906. The maximum Gasteiger partial charge on any atom is 0.136 e. The lowest BCUT2D eigenvalue weighted by Gasteiger charge is -2.27. The van der Waals surface area contributed by atoms with Crippen LogP contribution >= 0.6 is 0 Å². The molecule has 0 saturated carbocycles. The van der Waals surface area contributed by atoms with Gasteiger partial charge in [-0.1, -0.05) is 133 Å². The number of hydrogen-bond acceptors (Lipinski definition) is 2. The van der Waals surface area contributed by atoms with Gasteiger partial charge in [-0.05, 0) is 109 Å². The van der Waals surface area contributed by atoms with E-state index in [1.54, 1.807) is 0 Å². The average molecular weight is 638 g/mol. The fourth-order valence-corrected chi connectivity index (χ4v) is 7.59. The number of para-hydroxylation sites is 1. The highest BCUT2D eigenvalue weighted by Crippen LogP contribution is 2.41. The van der Waals surface area contributed by atoms with Crippen molar-refractivity contribution in [3.05, 3.63) is 188 Å². The zero-order valence-electron chi connectivity index (χ0n) is 27.3. The Kier molecular flexibility index (Phi) is 6.53. The molecule has 0 atom stereocenters. The molecular weight excluding hydrogens is 607 g/mol. The normalized spacial score (nSPS) is 11.6. The number of benzene rings is 9. The first kappa shape index (κ1) is 28.4. The van der Waals surface area contributed by atoms with Gasteiger partial charge in [-0.15, -0.1) is 0 Å². The van der Waals surface area contributed by atoms with E-state index in [0.29, 0.717) is 0 Å². The fraction of sp³-hybridized carbons (Fsp3) is 0. The molecule has 50 heavy (non-hydrogen) atoms. The van der Waals surface area contributed by atoms with Gasteiger partial charge in [0, 0.05) is 27.8 Å². The van der Waals surface area contributed by atoms with Crippen LogP contribution in [-0.4, -0.2) is 0 Å². The number of furan rings is 1. The Labute approximate surface area is 290 Å². The van der Waals surface area contributed by atoms with Gasteiger partial charge in [-0.3, -0.25) is 0 Å². The number of hydrogen-bond donors (Lipinski definition) is 0. The van der Waals surface area contributed by atoms with Gasteiger partial charge in [-0.25, -0.2) is 0 Å². The van der Waals surface area contributed by atoms with Crippen molar-refractivity contribution in [1.29, 1.82) is 0 Å². The summed E-state index contributed by atoms with van der Waals surface area (Å²) >= 11 is 0. The summed E-state index contributed by atoms with van der Waals surface area (Å²) in [5.41, 5.74) is 9.82. The van der Waals surface area contributed by atoms with Gasteiger partial charge in [0.25, 0.3) is 0 Å². The highest BCUT2D eigenvalue weighted by molar-refractivity contribution is 6.12. The van der Waals surface area contributed by atoms with Crippen LogP contribution in [0, 0.1) is 0 Å². The summed E-state index contributed by atoms with van der Waals surface area (Å²) in [7, 11) is 0. The van der Waals surface area contributed by atoms with Crippen LogP contribution in [0.15, 0.2) is 192 Å². The molecule has 2 nitrogen and oxygen atoms in total. The van der Waals surface area contributed by atoms with Gasteiger partial charge in [0.15, 0.2) is 0 Å². The molecule has 0 bridgehead atoms. The minimum atomic E-state index is 0.906. The molecule has 10 rings (SSSR count). The zero-order valence-corrected chi connectivity index (χ0v) is 27.3. The number of fused-ring (bicyclic) bond motifs is 7. The molecule has 9 aromatic carbocycles. The maximum absolute atomic E-state index is 6.22. The van der Waals surface area contributed by atoms with Crippen LogP contribution in [0.2, 0.25) is 0 Å². The van der Waals surface area contributed by atoms with Crippen molar-refractivity contribution in [3.8, 4) is 22.3 Å². The molecular formula is C48H31NO. The molecule has 0 aliphatic rings. The van der Waals surface area contributed by atoms with Crippen molar-refractivity contribution in [2.45, 2.75) is 0 Å². The van der Waals surface area contributed by atoms with Gasteiger partial charge >= 0.3 is 0 Å². The predicted molar refractivity (Wildman–Crippen MR) is 212 cm³/mol. The van der Waals surface area contributed by atoms with E-state index in [1.165, 1.54) is 49.0 Å². The molecule has 0 N–H and O–H groups in total. The lowest BCUT2D eigenvalue weighted by atomic mass is 9.98. The van der Waals surface area contributed by atoms with E-state index in [4.69, 9.17) is 4.42 Å². The lowest BCUT2D eigenvalue weighted by molar-refractivity contribution is 0.669. The second-order valence-electron chi connectivity index (χ2n) is 13.0. The van der Waals surface area contributed by atoms with Gasteiger partial charge in [0.2, 0.25) is 0 Å². The molecule has 0 unspecified atom stereocenters. The Bertz CT molecular complexity index is 2880. The van der Waals surface area contributed by atoms with Crippen molar-refractivity contribution < 1.29 is 4.42 Å². The van der Waals surface area contributed by atoms with Crippen LogP contribution in [0.5, 0.6) is 0 Å². The van der Waals surface area contributed by atoms with E-state index in [2.05, 4.69) is 181 Å². The van der Waals surface area contributed by atoms with E-state index < -0.39 is 0 Å². The van der Waals surface area contributed by atoms with Crippen LogP contribution in [-0.2, 0) is 0 Å². The van der Waals surface area contributed by atoms with Crippen LogP contribution < -0.4 is 4.90 Å². The van der Waals surface area contributed by atoms with E-state index in [9.17, 15) is 0 Å². The smallest absolute Gasteiger partial charge is 0.136 e. The Morgan fingerprint density at radius 1 is 0.320 bits per heavy atom. The Balaban J connectivity index is 1.12. The molecule has 0 radical (unpaired) electrons. The van der Waals surface area contributed by atoms with E-state index in [1.807, 2.05) is 12.1 Å². The number of nitrogens with zero attached hydrogens (tertiary/aromatic N) is 1. The van der Waals surface area contributed by atoms with E-state index in [-0.39, 0.29) is 0 Å². The number of anilines is 3. The summed E-state index contributed by atoms with van der Waals surface area (Å²) in [6.45, 7) is 0. The quantitative estimate of drug-likeness (QED) is 0.175. The molecule has 1 aromatic heterocycles. The summed E-state index contributed by atoms with van der Waals surface area (Å²) in [5, 5.41) is 9.77. The van der Waals surface area contributed by atoms with Gasteiger partial charge in [0.1, 0.15) is 11.2 Å². The van der Waals surface area contributed by atoms with E-state index >= 15 is 0 Å². The summed E-state index contributed by atoms with van der Waals surface area (Å²) < 4.78 is 6.22.